The molecule has 0 bridgehead atoms. The summed E-state index contributed by atoms with van der Waals surface area (Å²) < 4.78 is 27.8. The molecule has 1 amide bonds. The lowest BCUT2D eigenvalue weighted by Gasteiger charge is -2.11. The first-order valence-electron chi connectivity index (χ1n) is 5.77. The third-order valence-electron chi connectivity index (χ3n) is 2.78. The summed E-state index contributed by atoms with van der Waals surface area (Å²) >= 11 is 0. The van der Waals surface area contributed by atoms with Gasteiger partial charge in [-0.05, 0) is 25.1 Å². The Hall–Kier alpha value is -2.06. The van der Waals surface area contributed by atoms with E-state index < -0.39 is 15.0 Å². The number of amides is 1. The predicted molar refractivity (Wildman–Crippen MR) is 77.3 cm³/mol. The molecule has 0 fully saturated rings. The first-order chi connectivity index (χ1) is 9.82. The van der Waals surface area contributed by atoms with Gasteiger partial charge in [0.1, 0.15) is 5.75 Å². The summed E-state index contributed by atoms with van der Waals surface area (Å²) in [5, 5.41) is 8.96. The van der Waals surface area contributed by atoms with E-state index in [1.807, 2.05) is 0 Å². The van der Waals surface area contributed by atoms with Crippen LogP contribution in [-0.2, 0) is 9.05 Å². The Morgan fingerprint density at radius 3 is 2.67 bits per heavy atom. The van der Waals surface area contributed by atoms with Crippen molar-refractivity contribution < 1.29 is 17.9 Å². The maximum atomic E-state index is 12.1. The molecule has 2 aromatic rings. The average Bonchev–Trinajstić information content (AvgIpc) is 2.84. The molecule has 0 radical (unpaired) electrons. The molecule has 0 spiro atoms. The lowest BCUT2D eigenvalue weighted by atomic mass is 10.2. The summed E-state index contributed by atoms with van der Waals surface area (Å²) in [6.45, 7) is 1.69. The Bertz CT molecular complexity index is 786. The quantitative estimate of drug-likeness (QED) is 0.834. The van der Waals surface area contributed by atoms with Crippen LogP contribution in [0, 0.1) is 6.92 Å². The van der Waals surface area contributed by atoms with Crippen molar-refractivity contribution >= 4 is 31.3 Å². The van der Waals surface area contributed by atoms with Gasteiger partial charge in [0.2, 0.25) is 0 Å². The van der Waals surface area contributed by atoms with E-state index in [9.17, 15) is 13.2 Å². The maximum absolute atomic E-state index is 12.1. The minimum absolute atomic E-state index is 0.135. The molecule has 0 aliphatic carbocycles. The number of anilines is 1. The Labute approximate surface area is 125 Å². The monoisotopic (exact) mass is 329 g/mol. The molecule has 2 rings (SSSR count). The van der Waals surface area contributed by atoms with Gasteiger partial charge < -0.3 is 10.1 Å². The Morgan fingerprint density at radius 2 is 2.14 bits per heavy atom. The molecule has 0 saturated carbocycles. The molecule has 21 heavy (non-hydrogen) atoms. The van der Waals surface area contributed by atoms with E-state index in [2.05, 4.69) is 15.5 Å². The molecule has 0 aliphatic rings. The number of hydrogen-bond donors (Lipinski definition) is 2. The number of hydrogen-bond acceptors (Lipinski definition) is 5. The molecule has 0 aliphatic heterocycles. The van der Waals surface area contributed by atoms with Gasteiger partial charge in [-0.2, -0.15) is 5.10 Å². The van der Waals surface area contributed by atoms with Gasteiger partial charge >= 0.3 is 0 Å². The van der Waals surface area contributed by atoms with Crippen molar-refractivity contribution in [1.82, 2.24) is 10.2 Å². The van der Waals surface area contributed by atoms with Crippen LogP contribution in [0.5, 0.6) is 5.75 Å². The van der Waals surface area contributed by atoms with E-state index in [0.717, 1.165) is 0 Å². The highest BCUT2D eigenvalue weighted by atomic mass is 35.7. The number of rotatable bonds is 4. The molecule has 1 aromatic heterocycles. The fraction of sp³-hybridized carbons (Fsp3) is 0.167. The van der Waals surface area contributed by atoms with Crippen LogP contribution in [0.25, 0.3) is 0 Å². The predicted octanol–water partition coefficient (Wildman–Crippen LogP) is 1.91. The number of carbonyl (C=O) groups is 1. The Morgan fingerprint density at radius 1 is 1.43 bits per heavy atom. The zero-order valence-electron chi connectivity index (χ0n) is 11.2. The largest absolute Gasteiger partial charge is 0.495 e. The normalized spacial score (nSPS) is 11.2. The number of ether oxygens (including phenoxy) is 1. The first-order valence-corrected chi connectivity index (χ1v) is 8.08. The molecular formula is C12H12ClN3O4S. The number of carbonyl (C=O) groups excluding carboxylic acids is 1. The lowest BCUT2D eigenvalue weighted by Crippen LogP contribution is -2.13. The van der Waals surface area contributed by atoms with Crippen LogP contribution >= 0.6 is 10.7 Å². The SMILES string of the molecule is COc1ccc(S(=O)(=O)Cl)cc1NC(=O)c1cn[nH]c1C. The number of methoxy groups -OCH3 is 1. The number of H-pyrrole nitrogens is 1. The highest BCUT2D eigenvalue weighted by Crippen LogP contribution is 2.29. The van der Waals surface area contributed by atoms with Gasteiger partial charge in [-0.25, -0.2) is 8.42 Å². The van der Waals surface area contributed by atoms with Crippen LogP contribution in [0.15, 0.2) is 29.3 Å². The number of nitrogens with one attached hydrogen (secondary N) is 2. The fourth-order valence-electron chi connectivity index (χ4n) is 1.71. The van der Waals surface area contributed by atoms with Crippen molar-refractivity contribution in [3.05, 3.63) is 35.7 Å². The first kappa shape index (κ1) is 15.3. The smallest absolute Gasteiger partial charge is 0.261 e. The summed E-state index contributed by atoms with van der Waals surface area (Å²) in [6.07, 6.45) is 1.37. The number of benzene rings is 1. The molecule has 0 saturated heterocycles. The zero-order chi connectivity index (χ0) is 15.6. The van der Waals surface area contributed by atoms with Gasteiger partial charge in [-0.3, -0.25) is 9.89 Å². The van der Waals surface area contributed by atoms with Gasteiger partial charge in [-0.15, -0.1) is 0 Å². The summed E-state index contributed by atoms with van der Waals surface area (Å²) in [6, 6.07) is 3.93. The van der Waals surface area contributed by atoms with Crippen molar-refractivity contribution in [3.8, 4) is 5.75 Å². The summed E-state index contributed by atoms with van der Waals surface area (Å²) in [5.74, 6) is -0.128. The molecule has 0 unspecified atom stereocenters. The summed E-state index contributed by atoms with van der Waals surface area (Å²) in [4.78, 5) is 12.0. The molecule has 9 heteroatoms. The van der Waals surface area contributed by atoms with E-state index in [4.69, 9.17) is 15.4 Å². The average molecular weight is 330 g/mol. The van der Waals surface area contributed by atoms with Gasteiger partial charge in [0.15, 0.2) is 0 Å². The molecular weight excluding hydrogens is 318 g/mol. The number of aromatic nitrogens is 2. The van der Waals surface area contributed by atoms with Crippen molar-refractivity contribution in [3.63, 3.8) is 0 Å². The van der Waals surface area contributed by atoms with Gasteiger partial charge in [0.25, 0.3) is 15.0 Å². The van der Waals surface area contributed by atoms with E-state index in [-0.39, 0.29) is 10.6 Å². The number of aromatic amines is 1. The second-order valence-electron chi connectivity index (χ2n) is 4.16. The van der Waals surface area contributed by atoms with E-state index in [1.165, 1.54) is 31.5 Å². The zero-order valence-corrected chi connectivity index (χ0v) is 12.7. The maximum Gasteiger partial charge on any atom is 0.261 e. The second kappa shape index (κ2) is 5.74. The van der Waals surface area contributed by atoms with Crippen LogP contribution in [0.1, 0.15) is 16.1 Å². The molecule has 2 N–H and O–H groups in total. The molecule has 7 nitrogen and oxygen atoms in total. The van der Waals surface area contributed by atoms with E-state index in [0.29, 0.717) is 17.0 Å². The van der Waals surface area contributed by atoms with Crippen LogP contribution in [0.2, 0.25) is 0 Å². The highest BCUT2D eigenvalue weighted by molar-refractivity contribution is 8.13. The van der Waals surface area contributed by atoms with Crippen molar-refractivity contribution in [2.45, 2.75) is 11.8 Å². The third-order valence-corrected chi connectivity index (χ3v) is 4.13. The second-order valence-corrected chi connectivity index (χ2v) is 6.73. The van der Waals surface area contributed by atoms with Crippen molar-refractivity contribution in [1.29, 1.82) is 0 Å². The van der Waals surface area contributed by atoms with Crippen LogP contribution in [0.4, 0.5) is 5.69 Å². The minimum Gasteiger partial charge on any atom is -0.495 e. The molecule has 1 heterocycles. The van der Waals surface area contributed by atoms with Gasteiger partial charge in [0.05, 0.1) is 29.5 Å². The van der Waals surface area contributed by atoms with Crippen LogP contribution < -0.4 is 10.1 Å². The van der Waals surface area contributed by atoms with Crippen molar-refractivity contribution in [2.75, 3.05) is 12.4 Å². The number of aryl methyl sites for hydroxylation is 1. The minimum atomic E-state index is -3.90. The molecule has 1 aromatic carbocycles. The third kappa shape index (κ3) is 3.34. The fourth-order valence-corrected chi connectivity index (χ4v) is 2.48. The van der Waals surface area contributed by atoms with Gasteiger partial charge in [-0.1, -0.05) is 0 Å². The molecule has 0 atom stereocenters. The Balaban J connectivity index is 2.38. The van der Waals surface area contributed by atoms with E-state index >= 15 is 0 Å². The van der Waals surface area contributed by atoms with Gasteiger partial charge in [0, 0.05) is 16.4 Å². The number of nitrogens with zero attached hydrogens (tertiary/aromatic N) is 1. The van der Waals surface area contributed by atoms with Crippen molar-refractivity contribution in [2.24, 2.45) is 0 Å². The topological polar surface area (TPSA) is 101 Å². The highest BCUT2D eigenvalue weighted by Gasteiger charge is 2.17. The summed E-state index contributed by atoms with van der Waals surface area (Å²) in [7, 11) is 2.80. The lowest BCUT2D eigenvalue weighted by molar-refractivity contribution is 0.102. The van der Waals surface area contributed by atoms with Crippen LogP contribution in [-0.4, -0.2) is 31.6 Å². The Kier molecular flexibility index (Phi) is 4.19. The van der Waals surface area contributed by atoms with E-state index in [1.54, 1.807) is 6.92 Å². The standard InChI is InChI=1S/C12H12ClN3O4S/c1-7-9(6-14-16-7)12(17)15-10-5-8(21(13,18)19)3-4-11(10)20-2/h3-6H,1-2H3,(H,14,16)(H,15,17). The van der Waals surface area contributed by atoms with Crippen LogP contribution in [0.3, 0.4) is 0 Å². The summed E-state index contributed by atoms with van der Waals surface area (Å²) in [5.41, 5.74) is 1.13. The molecule has 112 valence electrons. The number of halogens is 1.